The van der Waals surface area contributed by atoms with E-state index in [1.807, 2.05) is 25.2 Å². The normalized spacial score (nSPS) is 15.0. The van der Waals surface area contributed by atoms with Crippen molar-refractivity contribution < 1.29 is 4.79 Å². The van der Waals surface area contributed by atoms with Gasteiger partial charge in [-0.2, -0.15) is 0 Å². The summed E-state index contributed by atoms with van der Waals surface area (Å²) in [5.41, 5.74) is 3.68. The second-order valence-electron chi connectivity index (χ2n) is 7.27. The Balaban J connectivity index is 0.000000177. The number of benzene rings is 2. The molecule has 0 aliphatic carbocycles. The van der Waals surface area contributed by atoms with E-state index in [9.17, 15) is 4.79 Å². The van der Waals surface area contributed by atoms with Gasteiger partial charge in [-0.3, -0.25) is 0 Å². The van der Waals surface area contributed by atoms with Crippen LogP contribution in [0.3, 0.4) is 0 Å². The number of aryl methyl sites for hydroxylation is 2. The van der Waals surface area contributed by atoms with Gasteiger partial charge in [0, 0.05) is 31.0 Å². The Hall–Kier alpha value is -1.31. The molecule has 0 bridgehead atoms. The zero-order valence-corrected chi connectivity index (χ0v) is 20.4. The van der Waals surface area contributed by atoms with Gasteiger partial charge in [0.2, 0.25) is 0 Å². The monoisotopic (exact) mass is 481 g/mol. The van der Waals surface area contributed by atoms with Crippen LogP contribution in [0.1, 0.15) is 24.0 Å². The maximum atomic E-state index is 10.6. The Morgan fingerprint density at radius 2 is 1.90 bits per heavy atom. The number of hydrogen-bond acceptors (Lipinski definition) is 6. The molecular formula is C22H25Cl2N3OS2. The van der Waals surface area contributed by atoms with Gasteiger partial charge in [-0.25, -0.2) is 9.29 Å². The fourth-order valence-corrected chi connectivity index (χ4v) is 5.61. The Morgan fingerprint density at radius 3 is 2.53 bits per heavy atom. The number of halogens is 2. The highest BCUT2D eigenvalue weighted by Crippen LogP contribution is 2.32. The second kappa shape index (κ2) is 10.8. The highest BCUT2D eigenvalue weighted by atomic mass is 35.5. The summed E-state index contributed by atoms with van der Waals surface area (Å²) in [5.74, 6) is 0.237. The molecule has 0 amide bonds. The zero-order valence-electron chi connectivity index (χ0n) is 17.2. The number of thiazole rings is 1. The molecule has 4 nitrogen and oxygen atoms in total. The Morgan fingerprint density at radius 1 is 1.17 bits per heavy atom. The average Bonchev–Trinajstić information content (AvgIpc) is 3.15. The summed E-state index contributed by atoms with van der Waals surface area (Å²) in [5, 5.41) is 5.22. The van der Waals surface area contributed by atoms with Gasteiger partial charge in [0.15, 0.2) is 5.13 Å². The van der Waals surface area contributed by atoms with E-state index in [4.69, 9.17) is 23.2 Å². The molecule has 8 heteroatoms. The van der Waals surface area contributed by atoms with Crippen molar-refractivity contribution >= 4 is 68.1 Å². The molecule has 1 aliphatic rings. The number of aldehydes is 1. The smallest absolute Gasteiger partial charge is 0.183 e. The molecule has 0 unspecified atom stereocenters. The molecule has 0 radical (unpaired) electrons. The van der Waals surface area contributed by atoms with Crippen LogP contribution in [0, 0.1) is 19.8 Å². The first-order valence-electron chi connectivity index (χ1n) is 9.78. The molecule has 1 aromatic heterocycles. The largest absolute Gasteiger partial charge is 0.365 e. The second-order valence-corrected chi connectivity index (χ2v) is 10.3. The van der Waals surface area contributed by atoms with Crippen LogP contribution in [0.5, 0.6) is 0 Å². The Labute approximate surface area is 196 Å². The first-order chi connectivity index (χ1) is 14.4. The molecule has 2 aromatic carbocycles. The Bertz CT molecular complexity index is 1020. The van der Waals surface area contributed by atoms with Crippen molar-refractivity contribution in [1.29, 1.82) is 0 Å². The summed E-state index contributed by atoms with van der Waals surface area (Å²) >= 11 is 15.2. The molecule has 160 valence electrons. The molecule has 3 aromatic rings. The van der Waals surface area contributed by atoms with E-state index in [0.717, 1.165) is 47.8 Å². The number of hydrogen-bond donors (Lipinski definition) is 1. The lowest BCUT2D eigenvalue weighted by atomic mass is 10.0. The van der Waals surface area contributed by atoms with Gasteiger partial charge in [0.1, 0.15) is 6.29 Å². The van der Waals surface area contributed by atoms with Crippen molar-refractivity contribution in [2.24, 2.45) is 5.92 Å². The standard InChI is InChI=1S/C12H13Cl2NOS.C10H12N2S/c13-11-2-1-10(7-12(11)14)17-15-5-3-9(8-16)4-6-15;1-6-4-7(2)9-8(5-6)13-10(11-3)12-9/h1-2,7-9H,3-6H2;4-5H,1-3H3,(H,11,12). The molecule has 0 atom stereocenters. The van der Waals surface area contributed by atoms with Crippen LogP contribution in [0.2, 0.25) is 10.0 Å². The number of piperidine rings is 1. The minimum absolute atomic E-state index is 0.237. The first kappa shape index (κ1) is 23.4. The maximum Gasteiger partial charge on any atom is 0.183 e. The number of aromatic nitrogens is 1. The lowest BCUT2D eigenvalue weighted by Crippen LogP contribution is -2.28. The highest BCUT2D eigenvalue weighted by molar-refractivity contribution is 7.97. The summed E-state index contributed by atoms with van der Waals surface area (Å²) in [4.78, 5) is 16.2. The van der Waals surface area contributed by atoms with E-state index in [2.05, 4.69) is 40.6 Å². The maximum absolute atomic E-state index is 10.6. The summed E-state index contributed by atoms with van der Waals surface area (Å²) in [6.45, 7) is 6.10. The molecule has 1 aliphatic heterocycles. The number of carbonyl (C=O) groups is 1. The van der Waals surface area contributed by atoms with Gasteiger partial charge in [-0.15, -0.1) is 0 Å². The van der Waals surface area contributed by atoms with E-state index in [-0.39, 0.29) is 5.92 Å². The van der Waals surface area contributed by atoms with Crippen molar-refractivity contribution in [3.63, 3.8) is 0 Å². The van der Waals surface area contributed by atoms with Crippen LogP contribution in [0.4, 0.5) is 5.13 Å². The van der Waals surface area contributed by atoms with Crippen molar-refractivity contribution in [2.45, 2.75) is 31.6 Å². The first-order valence-corrected chi connectivity index (χ1v) is 12.1. The van der Waals surface area contributed by atoms with Crippen molar-refractivity contribution in [2.75, 3.05) is 25.5 Å². The fraction of sp³-hybridized carbons (Fsp3) is 0.364. The molecule has 1 saturated heterocycles. The minimum atomic E-state index is 0.237. The molecule has 4 rings (SSSR count). The van der Waals surface area contributed by atoms with Crippen LogP contribution in [0.25, 0.3) is 10.2 Å². The van der Waals surface area contributed by atoms with Gasteiger partial charge in [0.05, 0.1) is 20.3 Å². The zero-order chi connectivity index (χ0) is 21.7. The van der Waals surface area contributed by atoms with Gasteiger partial charge >= 0.3 is 0 Å². The number of anilines is 1. The minimum Gasteiger partial charge on any atom is -0.365 e. The quantitative estimate of drug-likeness (QED) is 0.325. The molecular weight excluding hydrogens is 457 g/mol. The lowest BCUT2D eigenvalue weighted by Gasteiger charge is -2.28. The van der Waals surface area contributed by atoms with Crippen LogP contribution >= 0.6 is 46.5 Å². The summed E-state index contributed by atoms with van der Waals surface area (Å²) in [6.07, 6.45) is 2.96. The number of rotatable bonds is 4. The van der Waals surface area contributed by atoms with Gasteiger partial charge < -0.3 is 10.1 Å². The highest BCUT2D eigenvalue weighted by Gasteiger charge is 2.19. The molecule has 1 fully saturated rings. The van der Waals surface area contributed by atoms with E-state index in [0.29, 0.717) is 10.0 Å². The van der Waals surface area contributed by atoms with E-state index < -0.39 is 0 Å². The van der Waals surface area contributed by atoms with Crippen LogP contribution in [0.15, 0.2) is 35.2 Å². The molecule has 1 N–H and O–H groups in total. The summed E-state index contributed by atoms with van der Waals surface area (Å²) in [6, 6.07) is 10.00. The van der Waals surface area contributed by atoms with Crippen LogP contribution in [-0.2, 0) is 4.79 Å². The van der Waals surface area contributed by atoms with E-state index >= 15 is 0 Å². The van der Waals surface area contributed by atoms with E-state index in [1.165, 1.54) is 15.8 Å². The lowest BCUT2D eigenvalue weighted by molar-refractivity contribution is -0.112. The van der Waals surface area contributed by atoms with E-state index in [1.54, 1.807) is 23.3 Å². The number of fused-ring (bicyclic) bond motifs is 1. The summed E-state index contributed by atoms with van der Waals surface area (Å²) in [7, 11) is 1.90. The molecule has 30 heavy (non-hydrogen) atoms. The predicted octanol–water partition coefficient (Wildman–Crippen LogP) is 6.87. The predicted molar refractivity (Wildman–Crippen MR) is 131 cm³/mol. The molecule has 2 heterocycles. The molecule has 0 saturated carbocycles. The third-order valence-corrected chi connectivity index (χ3v) is 7.71. The number of nitrogens with one attached hydrogen (secondary N) is 1. The van der Waals surface area contributed by atoms with Crippen molar-refractivity contribution in [1.82, 2.24) is 9.29 Å². The fourth-order valence-electron chi connectivity index (χ4n) is 3.26. The van der Waals surface area contributed by atoms with Crippen LogP contribution < -0.4 is 5.32 Å². The third kappa shape index (κ3) is 6.11. The Kier molecular flexibility index (Phi) is 8.43. The van der Waals surface area contributed by atoms with Crippen molar-refractivity contribution in [3.05, 3.63) is 51.5 Å². The van der Waals surface area contributed by atoms with Gasteiger partial charge in [-0.1, -0.05) is 40.6 Å². The van der Waals surface area contributed by atoms with Gasteiger partial charge in [-0.05, 0) is 74.0 Å². The third-order valence-electron chi connectivity index (χ3n) is 4.86. The topological polar surface area (TPSA) is 45.2 Å². The van der Waals surface area contributed by atoms with Crippen molar-refractivity contribution in [3.8, 4) is 0 Å². The summed E-state index contributed by atoms with van der Waals surface area (Å²) < 4.78 is 3.53. The number of carbonyl (C=O) groups excluding carboxylic acids is 1. The van der Waals surface area contributed by atoms with Gasteiger partial charge in [0.25, 0.3) is 0 Å². The number of nitrogens with zero attached hydrogens (tertiary/aromatic N) is 2. The SMILES string of the molecule is CNc1nc2c(C)cc(C)cc2s1.O=CC1CCN(Sc2ccc(Cl)c(Cl)c2)CC1. The average molecular weight is 483 g/mol. The van der Waals surface area contributed by atoms with Crippen LogP contribution in [-0.4, -0.2) is 35.7 Å². The molecule has 0 spiro atoms.